The number of amides is 1. The van der Waals surface area contributed by atoms with Crippen molar-refractivity contribution in [3.63, 3.8) is 0 Å². The first-order chi connectivity index (χ1) is 8.58. The van der Waals surface area contributed by atoms with Crippen molar-refractivity contribution < 1.29 is 9.72 Å². The minimum absolute atomic E-state index is 0.0528. The van der Waals surface area contributed by atoms with Gasteiger partial charge in [-0.2, -0.15) is 0 Å². The van der Waals surface area contributed by atoms with Crippen LogP contribution in [0.1, 0.15) is 12.8 Å². The SMILES string of the molecule is O=C(Nc1ccc(Cl)c([N+](=O)[O-])c1)[C@@H]1CCCN1. The molecule has 7 heteroatoms. The van der Waals surface area contributed by atoms with Gasteiger partial charge in [0.05, 0.1) is 11.0 Å². The molecule has 1 fully saturated rings. The second kappa shape index (κ2) is 5.32. The van der Waals surface area contributed by atoms with E-state index in [1.54, 1.807) is 6.07 Å². The first-order valence-electron chi connectivity index (χ1n) is 5.56. The Balaban J connectivity index is 2.11. The van der Waals surface area contributed by atoms with Crippen LogP contribution in [0.5, 0.6) is 0 Å². The molecule has 2 rings (SSSR count). The number of nitro groups is 1. The van der Waals surface area contributed by atoms with Crippen LogP contribution < -0.4 is 10.6 Å². The van der Waals surface area contributed by atoms with Gasteiger partial charge in [0.2, 0.25) is 5.91 Å². The summed E-state index contributed by atoms with van der Waals surface area (Å²) >= 11 is 5.69. The molecule has 0 unspecified atom stereocenters. The molecule has 1 aliphatic rings. The molecule has 0 radical (unpaired) electrons. The summed E-state index contributed by atoms with van der Waals surface area (Å²) in [5.74, 6) is -0.177. The van der Waals surface area contributed by atoms with E-state index in [-0.39, 0.29) is 22.7 Å². The van der Waals surface area contributed by atoms with Crippen molar-refractivity contribution in [3.8, 4) is 0 Å². The standard InChI is InChI=1S/C11H12ClN3O3/c12-8-4-3-7(6-10(8)15(17)18)14-11(16)9-2-1-5-13-9/h3-4,6,9,13H,1-2,5H2,(H,14,16)/t9-/m0/s1. The van der Waals surface area contributed by atoms with Crippen molar-refractivity contribution >= 4 is 28.9 Å². The van der Waals surface area contributed by atoms with Gasteiger partial charge in [0, 0.05) is 11.8 Å². The molecule has 6 nitrogen and oxygen atoms in total. The molecule has 1 amide bonds. The number of carbonyl (C=O) groups excluding carboxylic acids is 1. The summed E-state index contributed by atoms with van der Waals surface area (Å²) in [6.45, 7) is 0.818. The van der Waals surface area contributed by atoms with Crippen LogP contribution in [0.2, 0.25) is 5.02 Å². The number of nitrogens with one attached hydrogen (secondary N) is 2. The van der Waals surface area contributed by atoms with Gasteiger partial charge in [-0.05, 0) is 31.5 Å². The Morgan fingerprint density at radius 2 is 2.33 bits per heavy atom. The fourth-order valence-corrected chi connectivity index (χ4v) is 2.05. The summed E-state index contributed by atoms with van der Waals surface area (Å²) < 4.78 is 0. The predicted octanol–water partition coefficient (Wildman–Crippen LogP) is 1.94. The van der Waals surface area contributed by atoms with Crippen LogP contribution in [0, 0.1) is 10.1 Å². The monoisotopic (exact) mass is 269 g/mol. The van der Waals surface area contributed by atoms with Crippen molar-refractivity contribution in [2.24, 2.45) is 0 Å². The maximum atomic E-state index is 11.8. The molecule has 0 saturated carbocycles. The van der Waals surface area contributed by atoms with Gasteiger partial charge in [-0.15, -0.1) is 0 Å². The van der Waals surface area contributed by atoms with Crippen LogP contribution in [-0.4, -0.2) is 23.4 Å². The number of hydrogen-bond acceptors (Lipinski definition) is 4. The predicted molar refractivity (Wildman–Crippen MR) is 67.8 cm³/mol. The van der Waals surface area contributed by atoms with E-state index in [9.17, 15) is 14.9 Å². The highest BCUT2D eigenvalue weighted by molar-refractivity contribution is 6.32. The number of nitro benzene ring substituents is 1. The van der Waals surface area contributed by atoms with Crippen LogP contribution >= 0.6 is 11.6 Å². The second-order valence-electron chi connectivity index (χ2n) is 4.06. The van der Waals surface area contributed by atoms with E-state index in [0.29, 0.717) is 5.69 Å². The maximum Gasteiger partial charge on any atom is 0.289 e. The zero-order valence-corrected chi connectivity index (χ0v) is 10.2. The highest BCUT2D eigenvalue weighted by Gasteiger charge is 2.22. The van der Waals surface area contributed by atoms with Gasteiger partial charge in [-0.1, -0.05) is 11.6 Å². The van der Waals surface area contributed by atoms with Crippen molar-refractivity contribution in [2.75, 3.05) is 11.9 Å². The molecule has 1 saturated heterocycles. The molecule has 1 atom stereocenters. The second-order valence-corrected chi connectivity index (χ2v) is 4.47. The van der Waals surface area contributed by atoms with E-state index >= 15 is 0 Å². The average Bonchev–Trinajstić information content (AvgIpc) is 2.85. The van der Waals surface area contributed by atoms with Crippen LogP contribution in [-0.2, 0) is 4.79 Å². The lowest BCUT2D eigenvalue weighted by atomic mass is 10.2. The minimum atomic E-state index is -0.578. The summed E-state index contributed by atoms with van der Waals surface area (Å²) in [5, 5.41) is 16.5. The zero-order valence-electron chi connectivity index (χ0n) is 9.48. The van der Waals surface area contributed by atoms with E-state index in [1.165, 1.54) is 12.1 Å². The fourth-order valence-electron chi connectivity index (χ4n) is 1.87. The smallest absolute Gasteiger partial charge is 0.289 e. The largest absolute Gasteiger partial charge is 0.324 e. The molecule has 18 heavy (non-hydrogen) atoms. The molecule has 1 aromatic rings. The average molecular weight is 270 g/mol. The Labute approximate surface area is 108 Å². The quantitative estimate of drug-likeness (QED) is 0.649. The molecule has 1 aromatic carbocycles. The van der Waals surface area contributed by atoms with Crippen LogP contribution in [0.15, 0.2) is 18.2 Å². The van der Waals surface area contributed by atoms with E-state index in [1.807, 2.05) is 0 Å². The summed E-state index contributed by atoms with van der Waals surface area (Å²) in [6.07, 6.45) is 1.74. The molecular weight excluding hydrogens is 258 g/mol. The minimum Gasteiger partial charge on any atom is -0.324 e. The van der Waals surface area contributed by atoms with Crippen molar-refractivity contribution in [3.05, 3.63) is 33.3 Å². The Hall–Kier alpha value is -1.66. The molecule has 96 valence electrons. The highest BCUT2D eigenvalue weighted by atomic mass is 35.5. The normalized spacial score (nSPS) is 18.6. The van der Waals surface area contributed by atoms with E-state index in [0.717, 1.165) is 19.4 Å². The Kier molecular flexibility index (Phi) is 3.78. The molecule has 0 aliphatic carbocycles. The first kappa shape index (κ1) is 12.8. The fraction of sp³-hybridized carbons (Fsp3) is 0.364. The third-order valence-corrected chi connectivity index (χ3v) is 3.11. The third-order valence-electron chi connectivity index (χ3n) is 2.79. The Bertz CT molecular complexity index is 486. The van der Waals surface area contributed by atoms with Crippen LogP contribution in [0.4, 0.5) is 11.4 Å². The number of benzene rings is 1. The lowest BCUT2D eigenvalue weighted by molar-refractivity contribution is -0.384. The topological polar surface area (TPSA) is 84.3 Å². The van der Waals surface area contributed by atoms with Gasteiger partial charge in [-0.3, -0.25) is 14.9 Å². The number of halogens is 1. The van der Waals surface area contributed by atoms with E-state index < -0.39 is 4.92 Å². The van der Waals surface area contributed by atoms with Crippen molar-refractivity contribution in [2.45, 2.75) is 18.9 Å². The molecule has 0 bridgehead atoms. The molecule has 2 N–H and O–H groups in total. The zero-order chi connectivity index (χ0) is 13.1. The summed E-state index contributed by atoms with van der Waals surface area (Å²) in [4.78, 5) is 21.9. The van der Waals surface area contributed by atoms with E-state index in [2.05, 4.69) is 10.6 Å². The number of nitrogens with zero attached hydrogens (tertiary/aromatic N) is 1. The number of carbonyl (C=O) groups is 1. The van der Waals surface area contributed by atoms with Gasteiger partial charge in [0.15, 0.2) is 0 Å². The lowest BCUT2D eigenvalue weighted by Gasteiger charge is -2.11. The van der Waals surface area contributed by atoms with Gasteiger partial charge in [0.25, 0.3) is 5.69 Å². The molecule has 1 aliphatic heterocycles. The van der Waals surface area contributed by atoms with Crippen LogP contribution in [0.3, 0.4) is 0 Å². The summed E-state index contributed by atoms with van der Waals surface area (Å²) in [5.41, 5.74) is 0.165. The van der Waals surface area contributed by atoms with Gasteiger partial charge < -0.3 is 10.6 Å². The Morgan fingerprint density at radius 3 is 2.94 bits per heavy atom. The maximum absolute atomic E-state index is 11.8. The third kappa shape index (κ3) is 2.77. The Morgan fingerprint density at radius 1 is 1.56 bits per heavy atom. The lowest BCUT2D eigenvalue weighted by Crippen LogP contribution is -2.35. The molecule has 1 heterocycles. The number of anilines is 1. The molecular formula is C11H12ClN3O3. The van der Waals surface area contributed by atoms with Gasteiger partial charge >= 0.3 is 0 Å². The van der Waals surface area contributed by atoms with Crippen molar-refractivity contribution in [1.82, 2.24) is 5.32 Å². The van der Waals surface area contributed by atoms with Crippen molar-refractivity contribution in [1.29, 1.82) is 0 Å². The number of hydrogen-bond donors (Lipinski definition) is 2. The van der Waals surface area contributed by atoms with Gasteiger partial charge in [0.1, 0.15) is 5.02 Å². The van der Waals surface area contributed by atoms with Gasteiger partial charge in [-0.25, -0.2) is 0 Å². The molecule has 0 aromatic heterocycles. The highest BCUT2D eigenvalue weighted by Crippen LogP contribution is 2.27. The summed E-state index contributed by atoms with van der Waals surface area (Å²) in [7, 11) is 0. The van der Waals surface area contributed by atoms with E-state index in [4.69, 9.17) is 11.6 Å². The molecule has 0 spiro atoms. The first-order valence-corrected chi connectivity index (χ1v) is 5.94. The van der Waals surface area contributed by atoms with Crippen LogP contribution in [0.25, 0.3) is 0 Å². The number of rotatable bonds is 3. The summed E-state index contributed by atoms with van der Waals surface area (Å²) in [6, 6.07) is 3.98.